The van der Waals surface area contributed by atoms with Gasteiger partial charge in [-0.25, -0.2) is 4.98 Å². The van der Waals surface area contributed by atoms with Gasteiger partial charge in [0.05, 0.1) is 11.4 Å². The van der Waals surface area contributed by atoms with E-state index in [0.717, 1.165) is 28.4 Å². The van der Waals surface area contributed by atoms with Gasteiger partial charge in [0.1, 0.15) is 5.65 Å². The molecule has 4 nitrogen and oxygen atoms in total. The molecule has 0 amide bonds. The van der Waals surface area contributed by atoms with Gasteiger partial charge in [-0.15, -0.1) is 10.2 Å². The van der Waals surface area contributed by atoms with E-state index >= 15 is 0 Å². The Morgan fingerprint density at radius 1 is 0.957 bits per heavy atom. The number of pyridine rings is 1. The predicted molar refractivity (Wildman–Crippen MR) is 94.0 cm³/mol. The number of fused-ring (bicyclic) bond motifs is 1. The van der Waals surface area contributed by atoms with Crippen molar-refractivity contribution >= 4 is 17.2 Å². The monoisotopic (exact) mass is 306 g/mol. The third kappa shape index (κ3) is 3.02. The summed E-state index contributed by atoms with van der Waals surface area (Å²) in [5.74, 6) is 0.805. The minimum Gasteiger partial charge on any atom is -0.283 e. The molecule has 1 aromatic carbocycles. The van der Waals surface area contributed by atoms with Crippen molar-refractivity contribution in [1.82, 2.24) is 9.38 Å². The molecule has 0 atom stereocenters. The molecular formula is C19H22N4. The molecule has 0 spiro atoms. The van der Waals surface area contributed by atoms with E-state index in [4.69, 9.17) is 4.98 Å². The van der Waals surface area contributed by atoms with Gasteiger partial charge >= 0.3 is 0 Å². The zero-order chi connectivity index (χ0) is 16.6. The topological polar surface area (TPSA) is 42.0 Å². The van der Waals surface area contributed by atoms with E-state index in [2.05, 4.69) is 50.2 Å². The Hall–Kier alpha value is -2.49. The summed E-state index contributed by atoms with van der Waals surface area (Å²) in [7, 11) is 0. The molecule has 0 aliphatic heterocycles. The molecule has 0 radical (unpaired) electrons. The molecule has 0 aliphatic carbocycles. The first-order valence-electron chi connectivity index (χ1n) is 7.83. The van der Waals surface area contributed by atoms with E-state index in [-0.39, 0.29) is 5.41 Å². The van der Waals surface area contributed by atoms with Gasteiger partial charge in [-0.2, -0.15) is 0 Å². The number of rotatable bonds is 2. The standard InChI is InChI=1S/C19H22N4/c1-13-10-11-16-20-17(19(3,4)5)18(23(16)12-13)22-21-15-9-7-6-8-14(15)2/h6-12H,1-5H3. The highest BCUT2D eigenvalue weighted by Crippen LogP contribution is 2.33. The molecule has 0 saturated heterocycles. The van der Waals surface area contributed by atoms with Gasteiger partial charge in [-0.05, 0) is 37.1 Å². The average molecular weight is 306 g/mol. The van der Waals surface area contributed by atoms with E-state index in [1.165, 1.54) is 5.56 Å². The van der Waals surface area contributed by atoms with Gasteiger partial charge in [0, 0.05) is 11.6 Å². The van der Waals surface area contributed by atoms with Crippen molar-refractivity contribution in [1.29, 1.82) is 0 Å². The molecular weight excluding hydrogens is 284 g/mol. The lowest BCUT2D eigenvalue weighted by molar-refractivity contribution is 0.574. The zero-order valence-electron chi connectivity index (χ0n) is 14.3. The lowest BCUT2D eigenvalue weighted by atomic mass is 9.92. The van der Waals surface area contributed by atoms with Crippen LogP contribution in [0.5, 0.6) is 0 Å². The van der Waals surface area contributed by atoms with Gasteiger partial charge in [0.2, 0.25) is 0 Å². The van der Waals surface area contributed by atoms with E-state index in [0.29, 0.717) is 0 Å². The van der Waals surface area contributed by atoms with Crippen molar-refractivity contribution in [2.75, 3.05) is 0 Å². The van der Waals surface area contributed by atoms with Gasteiger partial charge in [0.25, 0.3) is 0 Å². The van der Waals surface area contributed by atoms with Crippen LogP contribution in [0, 0.1) is 13.8 Å². The first kappa shape index (κ1) is 15.4. The Balaban J connectivity index is 2.18. The number of hydrogen-bond donors (Lipinski definition) is 0. The summed E-state index contributed by atoms with van der Waals surface area (Å²) >= 11 is 0. The number of nitrogens with zero attached hydrogens (tertiary/aromatic N) is 4. The maximum Gasteiger partial charge on any atom is 0.183 e. The Morgan fingerprint density at radius 3 is 2.39 bits per heavy atom. The Labute approximate surface area is 136 Å². The first-order valence-corrected chi connectivity index (χ1v) is 7.83. The summed E-state index contributed by atoms with van der Waals surface area (Å²) in [5.41, 5.74) is 4.93. The first-order chi connectivity index (χ1) is 10.9. The Bertz CT molecular complexity index is 882. The number of aromatic nitrogens is 2. The lowest BCUT2D eigenvalue weighted by Gasteiger charge is -2.15. The highest BCUT2D eigenvalue weighted by atomic mass is 15.2. The number of imidazole rings is 1. The molecule has 0 aliphatic rings. The Morgan fingerprint density at radius 2 is 1.70 bits per heavy atom. The molecule has 2 aromatic heterocycles. The van der Waals surface area contributed by atoms with Gasteiger partial charge < -0.3 is 0 Å². The maximum absolute atomic E-state index is 4.77. The average Bonchev–Trinajstić information content (AvgIpc) is 2.84. The quantitative estimate of drug-likeness (QED) is 0.563. The van der Waals surface area contributed by atoms with Crippen LogP contribution in [0.1, 0.15) is 37.6 Å². The lowest BCUT2D eigenvalue weighted by Crippen LogP contribution is -2.11. The van der Waals surface area contributed by atoms with E-state index in [1.54, 1.807) is 0 Å². The molecule has 23 heavy (non-hydrogen) atoms. The number of azo groups is 1. The van der Waals surface area contributed by atoms with Crippen molar-refractivity contribution in [3.63, 3.8) is 0 Å². The summed E-state index contributed by atoms with van der Waals surface area (Å²) in [6.07, 6.45) is 2.06. The van der Waals surface area contributed by atoms with E-state index in [1.807, 2.05) is 41.7 Å². The van der Waals surface area contributed by atoms with Crippen molar-refractivity contribution in [2.45, 2.75) is 40.0 Å². The van der Waals surface area contributed by atoms with Crippen LogP contribution in [0.25, 0.3) is 5.65 Å². The van der Waals surface area contributed by atoms with E-state index in [9.17, 15) is 0 Å². The van der Waals surface area contributed by atoms with E-state index < -0.39 is 0 Å². The van der Waals surface area contributed by atoms with Crippen LogP contribution in [0.15, 0.2) is 52.8 Å². The molecule has 0 unspecified atom stereocenters. The van der Waals surface area contributed by atoms with Crippen LogP contribution >= 0.6 is 0 Å². The van der Waals surface area contributed by atoms with Crippen LogP contribution in [-0.2, 0) is 5.41 Å². The third-order valence-corrected chi connectivity index (χ3v) is 3.82. The molecule has 0 saturated carbocycles. The van der Waals surface area contributed by atoms with Crippen LogP contribution in [0.3, 0.4) is 0 Å². The fourth-order valence-electron chi connectivity index (χ4n) is 2.51. The highest BCUT2D eigenvalue weighted by molar-refractivity contribution is 5.55. The van der Waals surface area contributed by atoms with Gasteiger partial charge in [-0.1, -0.05) is 45.0 Å². The van der Waals surface area contributed by atoms with Gasteiger partial charge in [0.15, 0.2) is 5.82 Å². The minimum absolute atomic E-state index is 0.0972. The molecule has 118 valence electrons. The third-order valence-electron chi connectivity index (χ3n) is 3.82. The van der Waals surface area contributed by atoms with Crippen molar-refractivity contribution < 1.29 is 0 Å². The number of aryl methyl sites for hydroxylation is 2. The summed E-state index contributed by atoms with van der Waals surface area (Å²) < 4.78 is 2.03. The van der Waals surface area contributed by atoms with Gasteiger partial charge in [-0.3, -0.25) is 4.40 Å². The van der Waals surface area contributed by atoms with Crippen LogP contribution in [0.4, 0.5) is 11.5 Å². The molecule has 3 aromatic rings. The maximum atomic E-state index is 4.77. The fraction of sp³-hybridized carbons (Fsp3) is 0.316. The number of hydrogen-bond acceptors (Lipinski definition) is 3. The summed E-state index contributed by atoms with van der Waals surface area (Å²) in [6, 6.07) is 12.1. The largest absolute Gasteiger partial charge is 0.283 e. The molecule has 3 rings (SSSR count). The molecule has 4 heteroatoms. The van der Waals surface area contributed by atoms with Crippen molar-refractivity contribution in [2.24, 2.45) is 10.2 Å². The second-order valence-corrected chi connectivity index (χ2v) is 6.96. The molecule has 0 fully saturated rings. The smallest absolute Gasteiger partial charge is 0.183 e. The normalized spacial score (nSPS) is 12.4. The number of benzene rings is 1. The summed E-state index contributed by atoms with van der Waals surface area (Å²) in [5, 5.41) is 9.02. The second kappa shape index (κ2) is 5.61. The summed E-state index contributed by atoms with van der Waals surface area (Å²) in [6.45, 7) is 10.5. The molecule has 0 bridgehead atoms. The highest BCUT2D eigenvalue weighted by Gasteiger charge is 2.24. The van der Waals surface area contributed by atoms with Crippen molar-refractivity contribution in [3.8, 4) is 0 Å². The van der Waals surface area contributed by atoms with Crippen LogP contribution in [0.2, 0.25) is 0 Å². The molecule has 2 heterocycles. The van der Waals surface area contributed by atoms with Crippen molar-refractivity contribution in [3.05, 3.63) is 59.4 Å². The SMILES string of the molecule is Cc1ccc2nc(C(C)(C)C)c(N=Nc3ccccc3C)n2c1. The second-order valence-electron chi connectivity index (χ2n) is 6.96. The fourth-order valence-corrected chi connectivity index (χ4v) is 2.51. The van der Waals surface area contributed by atoms with Crippen LogP contribution in [-0.4, -0.2) is 9.38 Å². The van der Waals surface area contributed by atoms with Crippen LogP contribution < -0.4 is 0 Å². The zero-order valence-corrected chi connectivity index (χ0v) is 14.3. The minimum atomic E-state index is -0.0972. The molecule has 0 N–H and O–H groups in total. The summed E-state index contributed by atoms with van der Waals surface area (Å²) in [4.78, 5) is 4.77. The Kier molecular flexibility index (Phi) is 3.76. The predicted octanol–water partition coefficient (Wildman–Crippen LogP) is 5.66.